The van der Waals surface area contributed by atoms with Gasteiger partial charge in [-0.2, -0.15) is 0 Å². The summed E-state index contributed by atoms with van der Waals surface area (Å²) in [6, 6.07) is 2.61. The zero-order valence-corrected chi connectivity index (χ0v) is 26.8. The predicted octanol–water partition coefficient (Wildman–Crippen LogP) is 4.68. The van der Waals surface area contributed by atoms with Gasteiger partial charge in [0.15, 0.2) is 0 Å². The number of amides is 4. The number of rotatable bonds is 12. The first kappa shape index (κ1) is 33.8. The smallest absolute Gasteiger partial charge is 0.322 e. The highest BCUT2D eigenvalue weighted by molar-refractivity contribution is 5.88. The van der Waals surface area contributed by atoms with Crippen molar-refractivity contribution in [2.75, 3.05) is 39.0 Å². The van der Waals surface area contributed by atoms with E-state index in [-0.39, 0.29) is 23.5 Å². The summed E-state index contributed by atoms with van der Waals surface area (Å²) < 4.78 is 0. The highest BCUT2D eigenvalue weighted by Gasteiger charge is 2.33. The van der Waals surface area contributed by atoms with Crippen molar-refractivity contribution in [3.05, 3.63) is 52.2 Å². The minimum atomic E-state index is -0.722. The fraction of sp³-hybridized carbons (Fsp3) is 0.576. The number of likely N-dealkylation sites (tertiary alicyclic amines) is 1. The molecule has 3 rings (SSSR count). The van der Waals surface area contributed by atoms with Gasteiger partial charge in [-0.15, -0.1) is 0 Å². The van der Waals surface area contributed by atoms with Crippen LogP contribution in [-0.4, -0.2) is 84.6 Å². The Balaban J connectivity index is 1.64. The van der Waals surface area contributed by atoms with E-state index in [0.717, 1.165) is 48.1 Å². The van der Waals surface area contributed by atoms with Gasteiger partial charge in [0, 0.05) is 55.4 Å². The molecular weight excluding hydrogens is 542 g/mol. The number of piperidine rings is 1. The maximum absolute atomic E-state index is 13.2. The van der Waals surface area contributed by atoms with Gasteiger partial charge in [-0.05, 0) is 80.8 Å². The topological polar surface area (TPSA) is 135 Å². The van der Waals surface area contributed by atoms with Gasteiger partial charge in [0.05, 0.1) is 6.04 Å². The Morgan fingerprint density at radius 2 is 1.98 bits per heavy atom. The number of nitrogen functional groups attached to an aromatic ring is 1. The van der Waals surface area contributed by atoms with Crippen LogP contribution in [0.2, 0.25) is 0 Å². The number of carbonyl (C=O) groups is 3. The maximum atomic E-state index is 13.2. The molecule has 10 heteroatoms. The molecule has 5 N–H and O–H groups in total. The van der Waals surface area contributed by atoms with Gasteiger partial charge < -0.3 is 41.3 Å². The molecular formula is C33H51N7O3. The van der Waals surface area contributed by atoms with Crippen LogP contribution >= 0.6 is 0 Å². The molecule has 0 saturated carbocycles. The molecule has 0 bridgehead atoms. The van der Waals surface area contributed by atoms with Crippen LogP contribution < -0.4 is 16.4 Å². The molecule has 2 heterocycles. The van der Waals surface area contributed by atoms with Gasteiger partial charge in [-0.1, -0.05) is 45.9 Å². The molecule has 43 heavy (non-hydrogen) atoms. The van der Waals surface area contributed by atoms with Gasteiger partial charge >= 0.3 is 12.1 Å². The van der Waals surface area contributed by atoms with Crippen LogP contribution in [0.25, 0.3) is 0 Å². The van der Waals surface area contributed by atoms with Crippen molar-refractivity contribution in [3.8, 4) is 0 Å². The Morgan fingerprint density at radius 3 is 2.56 bits per heavy atom. The maximum Gasteiger partial charge on any atom is 0.322 e. The molecule has 4 amide bonds. The van der Waals surface area contributed by atoms with E-state index in [4.69, 9.17) is 11.1 Å². The molecule has 236 valence electrons. The van der Waals surface area contributed by atoms with Crippen LogP contribution in [-0.2, 0) is 17.8 Å². The van der Waals surface area contributed by atoms with E-state index in [1.54, 1.807) is 11.0 Å². The lowest BCUT2D eigenvalue weighted by molar-refractivity contribution is -0.109. The van der Waals surface area contributed by atoms with Crippen LogP contribution in [0.3, 0.4) is 0 Å². The summed E-state index contributed by atoms with van der Waals surface area (Å²) in [6.07, 6.45) is 9.51. The molecule has 1 aromatic rings. The Hall–Kier alpha value is -3.66. The second-order valence-electron chi connectivity index (χ2n) is 12.9. The Kier molecular flexibility index (Phi) is 11.9. The number of urea groups is 2. The molecule has 1 saturated heterocycles. The average molecular weight is 594 g/mol. The normalized spacial score (nSPS) is 17.4. The molecule has 2 aliphatic heterocycles. The number of carbonyl (C=O) groups excluding carboxylic acids is 3. The zero-order valence-electron chi connectivity index (χ0n) is 26.8. The molecule has 0 spiro atoms. The van der Waals surface area contributed by atoms with Crippen LogP contribution in [0.15, 0.2) is 35.6 Å². The van der Waals surface area contributed by atoms with Crippen molar-refractivity contribution in [2.24, 2.45) is 5.41 Å². The highest BCUT2D eigenvalue weighted by Crippen LogP contribution is 2.26. The van der Waals surface area contributed by atoms with Crippen molar-refractivity contribution in [1.29, 1.82) is 5.41 Å². The summed E-state index contributed by atoms with van der Waals surface area (Å²) in [4.78, 5) is 44.0. The third kappa shape index (κ3) is 9.16. The van der Waals surface area contributed by atoms with Crippen molar-refractivity contribution >= 4 is 30.3 Å². The summed E-state index contributed by atoms with van der Waals surface area (Å²) >= 11 is 0. The van der Waals surface area contributed by atoms with Crippen LogP contribution in [0.1, 0.15) is 77.0 Å². The first-order valence-corrected chi connectivity index (χ1v) is 15.4. The fourth-order valence-corrected chi connectivity index (χ4v) is 5.75. The van der Waals surface area contributed by atoms with E-state index in [1.807, 2.05) is 37.9 Å². The van der Waals surface area contributed by atoms with Gasteiger partial charge in [-0.25, -0.2) is 9.59 Å². The fourth-order valence-electron chi connectivity index (χ4n) is 5.75. The van der Waals surface area contributed by atoms with Crippen molar-refractivity contribution < 1.29 is 14.4 Å². The van der Waals surface area contributed by atoms with Crippen molar-refractivity contribution in [3.63, 3.8) is 0 Å². The number of aldehydes is 1. The second-order valence-corrected chi connectivity index (χ2v) is 12.9. The summed E-state index contributed by atoms with van der Waals surface area (Å²) in [5.41, 5.74) is 11.5. The average Bonchev–Trinajstić information content (AvgIpc) is 2.97. The third-order valence-corrected chi connectivity index (χ3v) is 8.38. The van der Waals surface area contributed by atoms with Crippen molar-refractivity contribution in [1.82, 2.24) is 25.3 Å². The van der Waals surface area contributed by atoms with Crippen molar-refractivity contribution in [2.45, 2.75) is 85.4 Å². The standard InChI is InChI=1S/C33H51N7O3/c1-7-9-24-20-40(32(43)37-30(24)8-2)26-12-15-39(16-13-26)31(42)36-25(22-41)18-23-10-11-29(35)27(19-34)28(23)21-38(6)17-14-33(3,4)5/h7,9-11,19,22,25-26,34H,8,12-18,20-21,35H2,1-6H3,(H,36,42)(H,37,43)/b9-7-,34-19?/t25-/m1/s1. The number of anilines is 1. The number of hydrogen-bond donors (Lipinski definition) is 4. The number of hydrogen-bond acceptors (Lipinski definition) is 6. The van der Waals surface area contributed by atoms with E-state index >= 15 is 0 Å². The Morgan fingerprint density at radius 1 is 1.28 bits per heavy atom. The van der Waals surface area contributed by atoms with Crippen LogP contribution in [0.4, 0.5) is 15.3 Å². The largest absolute Gasteiger partial charge is 0.398 e. The number of nitrogens with one attached hydrogen (secondary N) is 3. The summed E-state index contributed by atoms with van der Waals surface area (Å²) in [5, 5.41) is 13.9. The second kappa shape index (κ2) is 15.2. The number of benzene rings is 1. The lowest BCUT2D eigenvalue weighted by Crippen LogP contribution is -2.56. The Bertz CT molecular complexity index is 1230. The van der Waals surface area contributed by atoms with Gasteiger partial charge in [0.2, 0.25) is 0 Å². The number of nitrogens with zero attached hydrogens (tertiary/aromatic N) is 3. The van der Waals surface area contributed by atoms with Crippen LogP contribution in [0.5, 0.6) is 0 Å². The van der Waals surface area contributed by atoms with E-state index in [9.17, 15) is 14.4 Å². The minimum Gasteiger partial charge on any atom is -0.398 e. The van der Waals surface area contributed by atoms with Gasteiger partial charge in [0.25, 0.3) is 0 Å². The molecule has 0 radical (unpaired) electrons. The quantitative estimate of drug-likeness (QED) is 0.159. The first-order valence-electron chi connectivity index (χ1n) is 15.4. The Labute approximate surface area is 257 Å². The SMILES string of the molecule is C/C=C\C1=C(CC)NC(=O)N(C2CCN(C(=O)N[C@@H](C=O)Cc3ccc(N)c(C=N)c3CN(C)CCC(C)(C)C)CC2)C1. The van der Waals surface area contributed by atoms with Gasteiger partial charge in [-0.3, -0.25) is 0 Å². The molecule has 1 aromatic carbocycles. The van der Waals surface area contributed by atoms with Gasteiger partial charge in [0.1, 0.15) is 6.29 Å². The summed E-state index contributed by atoms with van der Waals surface area (Å²) in [6.45, 7) is 13.7. The predicted molar refractivity (Wildman–Crippen MR) is 173 cm³/mol. The molecule has 1 fully saturated rings. The summed E-state index contributed by atoms with van der Waals surface area (Å²) in [7, 11) is 2.04. The molecule has 0 aromatic heterocycles. The number of nitrogens with two attached hydrogens (primary N) is 1. The number of allylic oxidation sites excluding steroid dienone is 2. The molecule has 2 aliphatic rings. The zero-order chi connectivity index (χ0) is 31.7. The summed E-state index contributed by atoms with van der Waals surface area (Å²) in [5.74, 6) is 0. The van der Waals surface area contributed by atoms with E-state index in [0.29, 0.717) is 56.7 Å². The molecule has 0 aliphatic carbocycles. The third-order valence-electron chi connectivity index (χ3n) is 8.38. The monoisotopic (exact) mass is 593 g/mol. The molecule has 10 nitrogen and oxygen atoms in total. The first-order chi connectivity index (χ1) is 20.4. The lowest BCUT2D eigenvalue weighted by Gasteiger charge is -2.41. The highest BCUT2D eigenvalue weighted by atomic mass is 16.2. The van der Waals surface area contributed by atoms with E-state index in [1.165, 1.54) is 6.21 Å². The minimum absolute atomic E-state index is 0.0386. The molecule has 0 unspecified atom stereocenters. The van der Waals surface area contributed by atoms with E-state index < -0.39 is 6.04 Å². The van der Waals surface area contributed by atoms with E-state index in [2.05, 4.69) is 42.4 Å². The lowest BCUT2D eigenvalue weighted by atomic mass is 9.91. The van der Waals surface area contributed by atoms with Crippen LogP contribution in [0, 0.1) is 10.8 Å². The molecule has 1 atom stereocenters.